The number of alkyl halides is 2. The predicted octanol–water partition coefficient (Wildman–Crippen LogP) is 3.77. The molecular weight excluding hydrogens is 344 g/mol. The lowest BCUT2D eigenvalue weighted by Crippen LogP contribution is -2.23. The highest BCUT2D eigenvalue weighted by molar-refractivity contribution is 5.75. The van der Waals surface area contributed by atoms with Crippen molar-refractivity contribution < 1.29 is 27.8 Å². The summed E-state index contributed by atoms with van der Waals surface area (Å²) in [5.74, 6) is 1.32. The number of hydrogen-bond acceptors (Lipinski definition) is 4. The van der Waals surface area contributed by atoms with E-state index < -0.39 is 6.61 Å². The number of ether oxygens (including phenoxy) is 3. The summed E-state index contributed by atoms with van der Waals surface area (Å²) in [6.07, 6.45) is 0.807. The van der Waals surface area contributed by atoms with Crippen molar-refractivity contribution in [1.29, 1.82) is 0 Å². The van der Waals surface area contributed by atoms with Crippen LogP contribution in [0.1, 0.15) is 18.4 Å². The third kappa shape index (κ3) is 6.58. The summed E-state index contributed by atoms with van der Waals surface area (Å²) in [6, 6.07) is 13.5. The lowest BCUT2D eigenvalue weighted by atomic mass is 10.2. The zero-order valence-electron chi connectivity index (χ0n) is 14.4. The number of nitrogens with one attached hydrogen (secondary N) is 1. The molecule has 0 aliphatic carbocycles. The molecule has 0 aliphatic heterocycles. The second-order valence-corrected chi connectivity index (χ2v) is 5.39. The number of carbonyl (C=O) groups is 1. The maximum Gasteiger partial charge on any atom is 0.387 e. The highest BCUT2D eigenvalue weighted by Crippen LogP contribution is 2.20. The van der Waals surface area contributed by atoms with Crippen molar-refractivity contribution in [3.63, 3.8) is 0 Å². The van der Waals surface area contributed by atoms with Gasteiger partial charge in [0.15, 0.2) is 0 Å². The van der Waals surface area contributed by atoms with Crippen LogP contribution in [0, 0.1) is 0 Å². The summed E-state index contributed by atoms with van der Waals surface area (Å²) in [5, 5.41) is 2.69. The van der Waals surface area contributed by atoms with Gasteiger partial charge in [0.1, 0.15) is 17.2 Å². The van der Waals surface area contributed by atoms with Gasteiger partial charge in [0, 0.05) is 18.5 Å². The zero-order valence-corrected chi connectivity index (χ0v) is 14.4. The number of carbonyl (C=O) groups excluding carboxylic acids is 1. The number of methoxy groups -OCH3 is 1. The van der Waals surface area contributed by atoms with Crippen LogP contribution in [0.15, 0.2) is 48.5 Å². The van der Waals surface area contributed by atoms with Gasteiger partial charge in [-0.2, -0.15) is 8.78 Å². The lowest BCUT2D eigenvalue weighted by molar-refractivity contribution is -0.121. The molecule has 0 bridgehead atoms. The van der Waals surface area contributed by atoms with E-state index in [4.69, 9.17) is 9.47 Å². The summed E-state index contributed by atoms with van der Waals surface area (Å²) in [6.45, 7) is -2.38. The second kappa shape index (κ2) is 10.2. The van der Waals surface area contributed by atoms with E-state index in [2.05, 4.69) is 10.1 Å². The van der Waals surface area contributed by atoms with Gasteiger partial charge >= 0.3 is 6.61 Å². The smallest absolute Gasteiger partial charge is 0.387 e. The minimum absolute atomic E-state index is 0.0608. The predicted molar refractivity (Wildman–Crippen MR) is 92.6 cm³/mol. The van der Waals surface area contributed by atoms with Crippen molar-refractivity contribution in [1.82, 2.24) is 5.32 Å². The molecule has 1 amide bonds. The van der Waals surface area contributed by atoms with E-state index in [1.807, 2.05) is 0 Å². The molecule has 0 saturated heterocycles. The molecule has 0 unspecified atom stereocenters. The van der Waals surface area contributed by atoms with Crippen molar-refractivity contribution >= 4 is 5.91 Å². The van der Waals surface area contributed by atoms with E-state index in [-0.39, 0.29) is 24.6 Å². The van der Waals surface area contributed by atoms with Crippen LogP contribution in [-0.2, 0) is 11.3 Å². The van der Waals surface area contributed by atoms with Crippen LogP contribution in [0.5, 0.6) is 17.2 Å². The number of para-hydroxylation sites is 1. The van der Waals surface area contributed by atoms with Gasteiger partial charge < -0.3 is 19.5 Å². The molecule has 0 spiro atoms. The third-order valence-corrected chi connectivity index (χ3v) is 3.54. The van der Waals surface area contributed by atoms with Crippen LogP contribution < -0.4 is 19.5 Å². The second-order valence-electron chi connectivity index (χ2n) is 5.39. The van der Waals surface area contributed by atoms with Gasteiger partial charge in [0.05, 0.1) is 13.7 Å². The largest absolute Gasteiger partial charge is 0.497 e. The van der Waals surface area contributed by atoms with E-state index in [1.165, 1.54) is 6.07 Å². The Kier molecular flexibility index (Phi) is 7.67. The van der Waals surface area contributed by atoms with Gasteiger partial charge in [-0.3, -0.25) is 4.79 Å². The van der Waals surface area contributed by atoms with E-state index in [0.29, 0.717) is 24.3 Å². The Morgan fingerprint density at radius 2 is 1.77 bits per heavy atom. The van der Waals surface area contributed by atoms with Crippen LogP contribution in [0.3, 0.4) is 0 Å². The van der Waals surface area contributed by atoms with Gasteiger partial charge in [0.2, 0.25) is 5.91 Å². The normalized spacial score (nSPS) is 10.5. The Balaban J connectivity index is 1.69. The average Bonchev–Trinajstić information content (AvgIpc) is 2.64. The molecule has 140 valence electrons. The lowest BCUT2D eigenvalue weighted by Gasteiger charge is -2.11. The summed E-state index contributed by atoms with van der Waals surface area (Å²) in [4.78, 5) is 11.9. The van der Waals surface area contributed by atoms with Crippen molar-refractivity contribution in [2.24, 2.45) is 0 Å². The van der Waals surface area contributed by atoms with Gasteiger partial charge in [0.25, 0.3) is 0 Å². The molecule has 0 aromatic heterocycles. The highest BCUT2D eigenvalue weighted by atomic mass is 19.3. The Labute approximate surface area is 150 Å². The molecule has 2 rings (SSSR count). The molecule has 1 N–H and O–H groups in total. The maximum absolute atomic E-state index is 12.4. The minimum Gasteiger partial charge on any atom is -0.497 e. The minimum atomic E-state index is -2.90. The van der Waals surface area contributed by atoms with Gasteiger partial charge in [-0.15, -0.1) is 0 Å². The quantitative estimate of drug-likeness (QED) is 0.651. The van der Waals surface area contributed by atoms with Crippen molar-refractivity contribution in [2.45, 2.75) is 26.0 Å². The van der Waals surface area contributed by atoms with Gasteiger partial charge in [-0.1, -0.05) is 18.2 Å². The monoisotopic (exact) mass is 365 g/mol. The molecule has 0 radical (unpaired) electrons. The Bertz CT molecular complexity index is 692. The molecule has 26 heavy (non-hydrogen) atoms. The summed E-state index contributed by atoms with van der Waals surface area (Å²) in [7, 11) is 1.59. The first-order valence-electron chi connectivity index (χ1n) is 8.14. The first-order chi connectivity index (χ1) is 12.6. The summed E-state index contributed by atoms with van der Waals surface area (Å²) in [5.41, 5.74) is 0.496. The molecule has 2 aromatic carbocycles. The molecule has 0 saturated carbocycles. The average molecular weight is 365 g/mol. The molecule has 0 heterocycles. The standard InChI is InChI=1S/C19H21F2NO4/c1-24-15-8-10-16(11-9-15)25-12-4-7-18(23)22-13-14-5-2-3-6-17(14)26-19(20)21/h2-3,5-6,8-11,19H,4,7,12-13H2,1H3,(H,22,23). The summed E-state index contributed by atoms with van der Waals surface area (Å²) < 4.78 is 39.7. The Morgan fingerprint density at radius 3 is 2.46 bits per heavy atom. The maximum atomic E-state index is 12.4. The van der Waals surface area contributed by atoms with Crippen LogP contribution in [0.25, 0.3) is 0 Å². The van der Waals surface area contributed by atoms with E-state index in [0.717, 1.165) is 5.75 Å². The number of rotatable bonds is 10. The molecule has 0 fully saturated rings. The van der Waals surface area contributed by atoms with Crippen LogP contribution >= 0.6 is 0 Å². The van der Waals surface area contributed by atoms with Gasteiger partial charge in [-0.05, 0) is 36.8 Å². The number of benzene rings is 2. The molecule has 7 heteroatoms. The fourth-order valence-electron chi connectivity index (χ4n) is 2.24. The van der Waals surface area contributed by atoms with Crippen molar-refractivity contribution in [3.8, 4) is 17.2 Å². The first-order valence-corrected chi connectivity index (χ1v) is 8.14. The fraction of sp³-hybridized carbons (Fsp3) is 0.316. The molecule has 0 aliphatic rings. The molecule has 2 aromatic rings. The molecule has 0 atom stereocenters. The van der Waals surface area contributed by atoms with E-state index in [1.54, 1.807) is 49.6 Å². The Morgan fingerprint density at radius 1 is 1.08 bits per heavy atom. The highest BCUT2D eigenvalue weighted by Gasteiger charge is 2.10. The summed E-state index contributed by atoms with van der Waals surface area (Å²) >= 11 is 0. The van der Waals surface area contributed by atoms with Crippen LogP contribution in [0.4, 0.5) is 8.78 Å². The topological polar surface area (TPSA) is 56.8 Å². The first kappa shape index (κ1) is 19.5. The zero-order chi connectivity index (χ0) is 18.8. The van der Waals surface area contributed by atoms with E-state index >= 15 is 0 Å². The van der Waals surface area contributed by atoms with Crippen LogP contribution in [0.2, 0.25) is 0 Å². The SMILES string of the molecule is COc1ccc(OCCCC(=O)NCc2ccccc2OC(F)F)cc1. The Hall–Kier alpha value is -2.83. The number of hydrogen-bond donors (Lipinski definition) is 1. The van der Waals surface area contributed by atoms with Crippen molar-refractivity contribution in [2.75, 3.05) is 13.7 Å². The molecular formula is C19H21F2NO4. The molecule has 5 nitrogen and oxygen atoms in total. The fourth-order valence-corrected chi connectivity index (χ4v) is 2.24. The van der Waals surface area contributed by atoms with Crippen LogP contribution in [-0.4, -0.2) is 26.2 Å². The van der Waals surface area contributed by atoms with E-state index in [9.17, 15) is 13.6 Å². The third-order valence-electron chi connectivity index (χ3n) is 3.54. The van der Waals surface area contributed by atoms with Gasteiger partial charge in [-0.25, -0.2) is 0 Å². The number of halogens is 2. The van der Waals surface area contributed by atoms with Crippen molar-refractivity contribution in [3.05, 3.63) is 54.1 Å². The number of amides is 1.